The maximum Gasteiger partial charge on any atom is 0.340 e. The Balaban J connectivity index is 1.60. The van der Waals surface area contributed by atoms with Crippen LogP contribution in [-0.4, -0.2) is 0 Å². The molecule has 0 radical (unpaired) electrons. The van der Waals surface area contributed by atoms with Gasteiger partial charge in [-0.05, 0) is 53.1 Å². The minimum absolute atomic E-state index is 0.0150. The van der Waals surface area contributed by atoms with Crippen LogP contribution in [0, 0.1) is 23.7 Å². The van der Waals surface area contributed by atoms with Crippen LogP contribution in [0.4, 0.5) is 35.1 Å². The first-order valence-electron chi connectivity index (χ1n) is 10.2. The van der Waals surface area contributed by atoms with Crippen LogP contribution in [0.2, 0.25) is 0 Å². The fourth-order valence-electron chi connectivity index (χ4n) is 7.46. The molecule has 0 saturated heterocycles. The van der Waals surface area contributed by atoms with Gasteiger partial charge in [-0.1, -0.05) is 36.4 Å². The Labute approximate surface area is 171 Å². The molecular weight excluding hydrogens is 428 g/mol. The van der Waals surface area contributed by atoms with Gasteiger partial charge in [-0.3, -0.25) is 0 Å². The Morgan fingerprint density at radius 2 is 0.903 bits per heavy atom. The monoisotopic (exact) mass is 442 g/mol. The van der Waals surface area contributed by atoms with Crippen molar-refractivity contribution in [1.29, 1.82) is 0 Å². The SMILES string of the molecule is FC1(F)c2ccc(cc2)C(F)(F)C(F)(F)c2ccc(c3c2[C@H]2C4CC5[C@H]([C@@H]52)[C@H]34)C1(F)F. The molecule has 4 fully saturated rings. The summed E-state index contributed by atoms with van der Waals surface area (Å²) < 4.78 is 122. The normalized spacial score (nSPS) is 39.9. The van der Waals surface area contributed by atoms with E-state index in [-0.39, 0.29) is 34.8 Å². The average molecular weight is 442 g/mol. The second-order valence-electron chi connectivity index (χ2n) is 9.63. The summed E-state index contributed by atoms with van der Waals surface area (Å²) >= 11 is 0. The van der Waals surface area contributed by atoms with Gasteiger partial charge in [0, 0.05) is 22.3 Å². The first-order chi connectivity index (χ1) is 14.4. The number of alkyl halides is 8. The van der Waals surface area contributed by atoms with E-state index in [0.29, 0.717) is 42.8 Å². The predicted octanol–water partition coefficient (Wildman–Crippen LogP) is 6.84. The summed E-state index contributed by atoms with van der Waals surface area (Å²) in [7, 11) is 0. The predicted molar refractivity (Wildman–Crippen MR) is 92.5 cm³/mol. The van der Waals surface area contributed by atoms with E-state index in [2.05, 4.69) is 0 Å². The first-order valence-corrected chi connectivity index (χ1v) is 10.2. The number of halogens is 8. The molecule has 9 aliphatic carbocycles. The van der Waals surface area contributed by atoms with Crippen LogP contribution in [0.5, 0.6) is 0 Å². The minimum Gasteiger partial charge on any atom is -0.194 e. The van der Waals surface area contributed by atoms with Crippen molar-refractivity contribution in [2.75, 3.05) is 0 Å². The van der Waals surface area contributed by atoms with Gasteiger partial charge < -0.3 is 0 Å². The lowest BCUT2D eigenvalue weighted by molar-refractivity contribution is -0.228. The maximum absolute atomic E-state index is 15.4. The Kier molecular flexibility index (Phi) is 2.85. The summed E-state index contributed by atoms with van der Waals surface area (Å²) in [5.41, 5.74) is -4.80. The molecule has 0 spiro atoms. The highest BCUT2D eigenvalue weighted by molar-refractivity contribution is 5.61. The third kappa shape index (κ3) is 1.70. The van der Waals surface area contributed by atoms with Crippen molar-refractivity contribution in [2.24, 2.45) is 23.7 Å². The molecule has 2 aromatic carbocycles. The molecule has 8 heteroatoms. The van der Waals surface area contributed by atoms with E-state index in [0.717, 1.165) is 0 Å². The molecule has 2 aromatic rings. The molecule has 9 aliphatic rings. The number of rotatable bonds is 0. The molecule has 31 heavy (non-hydrogen) atoms. The number of hydrogen-bond donors (Lipinski definition) is 0. The van der Waals surface area contributed by atoms with Crippen LogP contribution in [0.1, 0.15) is 51.6 Å². The van der Waals surface area contributed by atoms with Crippen molar-refractivity contribution < 1.29 is 35.1 Å². The minimum atomic E-state index is -4.69. The molecule has 0 amide bonds. The Morgan fingerprint density at radius 3 is 1.26 bits per heavy atom. The summed E-state index contributed by atoms with van der Waals surface area (Å²) in [4.78, 5) is 0. The molecular formula is C23H14F8. The quantitative estimate of drug-likeness (QED) is 0.392. The smallest absolute Gasteiger partial charge is 0.194 e. The van der Waals surface area contributed by atoms with Gasteiger partial charge in [-0.25, -0.2) is 0 Å². The molecule has 10 bridgehead atoms. The van der Waals surface area contributed by atoms with Crippen molar-refractivity contribution in [2.45, 2.75) is 41.9 Å². The molecule has 0 heterocycles. The van der Waals surface area contributed by atoms with Crippen LogP contribution >= 0.6 is 0 Å². The zero-order valence-corrected chi connectivity index (χ0v) is 15.7. The van der Waals surface area contributed by atoms with Crippen LogP contribution in [0.25, 0.3) is 0 Å². The zero-order valence-electron chi connectivity index (χ0n) is 15.7. The average Bonchev–Trinajstić information content (AvgIpc) is 3.07. The van der Waals surface area contributed by atoms with Gasteiger partial charge in [0.2, 0.25) is 0 Å². The Morgan fingerprint density at radius 1 is 0.516 bits per heavy atom. The van der Waals surface area contributed by atoms with Crippen LogP contribution in [0.15, 0.2) is 36.4 Å². The van der Waals surface area contributed by atoms with Gasteiger partial charge in [-0.2, -0.15) is 35.1 Å². The lowest BCUT2D eigenvalue weighted by Crippen LogP contribution is -2.40. The zero-order chi connectivity index (χ0) is 21.9. The van der Waals surface area contributed by atoms with Gasteiger partial charge in [0.05, 0.1) is 0 Å². The van der Waals surface area contributed by atoms with Crippen molar-refractivity contribution in [3.63, 3.8) is 0 Å². The van der Waals surface area contributed by atoms with Crippen LogP contribution in [0.3, 0.4) is 0 Å². The molecule has 4 saturated carbocycles. The number of benzene rings is 2. The molecule has 162 valence electrons. The third-order valence-electron chi connectivity index (χ3n) is 8.62. The summed E-state index contributed by atoms with van der Waals surface area (Å²) in [6, 6.07) is 2.64. The van der Waals surface area contributed by atoms with E-state index >= 15 is 35.1 Å². The fourth-order valence-corrected chi connectivity index (χ4v) is 7.46. The summed E-state index contributed by atoms with van der Waals surface area (Å²) in [5.74, 6) is -19.8. The van der Waals surface area contributed by atoms with E-state index in [1.807, 2.05) is 0 Å². The first kappa shape index (κ1) is 18.5. The van der Waals surface area contributed by atoms with Gasteiger partial charge in [0.1, 0.15) is 0 Å². The highest BCUT2D eigenvalue weighted by Gasteiger charge is 2.79. The lowest BCUT2D eigenvalue weighted by Gasteiger charge is -2.35. The lowest BCUT2D eigenvalue weighted by atomic mass is 9.78. The highest BCUT2D eigenvalue weighted by Crippen LogP contribution is 2.86. The summed E-state index contributed by atoms with van der Waals surface area (Å²) in [5, 5.41) is 0. The van der Waals surface area contributed by atoms with E-state index in [1.165, 1.54) is 0 Å². The van der Waals surface area contributed by atoms with Gasteiger partial charge in [0.25, 0.3) is 0 Å². The van der Waals surface area contributed by atoms with E-state index in [4.69, 9.17) is 0 Å². The number of hydrogen-bond acceptors (Lipinski definition) is 0. The second kappa shape index (κ2) is 4.79. The van der Waals surface area contributed by atoms with Crippen LogP contribution in [-0.2, 0) is 23.7 Å². The highest BCUT2D eigenvalue weighted by atomic mass is 19.3. The fraction of sp³-hybridized carbons (Fsp3) is 0.478. The molecule has 0 aromatic heterocycles. The van der Waals surface area contributed by atoms with Crippen molar-refractivity contribution >= 4 is 0 Å². The van der Waals surface area contributed by atoms with Crippen LogP contribution < -0.4 is 0 Å². The van der Waals surface area contributed by atoms with Gasteiger partial charge in [-0.15, -0.1) is 0 Å². The van der Waals surface area contributed by atoms with Gasteiger partial charge >= 0.3 is 23.7 Å². The summed E-state index contributed by atoms with van der Waals surface area (Å²) in [6.07, 6.45) is 0.653. The topological polar surface area (TPSA) is 0 Å². The molecule has 0 nitrogen and oxygen atoms in total. The van der Waals surface area contributed by atoms with E-state index in [1.54, 1.807) is 0 Å². The van der Waals surface area contributed by atoms with Gasteiger partial charge in [0.15, 0.2) is 0 Å². The van der Waals surface area contributed by atoms with Crippen molar-refractivity contribution in [3.8, 4) is 0 Å². The van der Waals surface area contributed by atoms with E-state index in [9.17, 15) is 0 Å². The second-order valence-corrected chi connectivity index (χ2v) is 9.63. The summed E-state index contributed by atoms with van der Waals surface area (Å²) in [6.45, 7) is 0. The maximum atomic E-state index is 15.4. The molecule has 11 rings (SSSR count). The molecule has 0 N–H and O–H groups in total. The van der Waals surface area contributed by atoms with E-state index < -0.39 is 57.8 Å². The third-order valence-corrected chi connectivity index (χ3v) is 8.62. The Hall–Kier alpha value is -2.12. The van der Waals surface area contributed by atoms with Crippen molar-refractivity contribution in [3.05, 3.63) is 69.8 Å². The molecule has 2 unspecified atom stereocenters. The Bertz CT molecular complexity index is 1080. The molecule has 0 aliphatic heterocycles. The largest absolute Gasteiger partial charge is 0.340 e. The molecule has 6 atom stereocenters. The standard InChI is InChI=1S/C23H14F8/c24-20(25)8-1-2-9(4-3-8)21(26,27)23(30,31)13-6-5-12(22(20,28)29)18-16-11-7-10-14(16)15(10)17(11)19(13)18/h1-6,10-11,14-17H,7H2/t10?,11?,14-,15-,16-,17+/m1/s1. The van der Waals surface area contributed by atoms with Crippen molar-refractivity contribution in [1.82, 2.24) is 0 Å².